The Morgan fingerprint density at radius 3 is 2.67 bits per heavy atom. The predicted octanol–water partition coefficient (Wildman–Crippen LogP) is 0.444. The Morgan fingerprint density at radius 1 is 1.44 bits per heavy atom. The minimum Gasteiger partial charge on any atom is -0.385 e. The summed E-state index contributed by atoms with van der Waals surface area (Å²) in [6.45, 7) is 7.27. The molecule has 0 saturated carbocycles. The van der Waals surface area contributed by atoms with E-state index in [1.807, 2.05) is 20.9 Å². The van der Waals surface area contributed by atoms with Gasteiger partial charge in [-0.1, -0.05) is 20.3 Å². The van der Waals surface area contributed by atoms with Gasteiger partial charge in [0.25, 0.3) is 0 Å². The van der Waals surface area contributed by atoms with Gasteiger partial charge >= 0.3 is 0 Å². The second kappa shape index (κ2) is 10.3. The van der Waals surface area contributed by atoms with Gasteiger partial charge in [0, 0.05) is 33.4 Å². The van der Waals surface area contributed by atoms with Crippen LogP contribution in [0.1, 0.15) is 26.7 Å². The van der Waals surface area contributed by atoms with Crippen molar-refractivity contribution in [1.82, 2.24) is 10.2 Å². The number of rotatable bonds is 10. The summed E-state index contributed by atoms with van der Waals surface area (Å²) in [7, 11) is 3.74. The third-order valence-electron chi connectivity index (χ3n) is 3.24. The number of likely N-dealkylation sites (N-methyl/N-ethyl adjacent to an activating group) is 1. The topological polar surface area (TPSA) is 67.6 Å². The van der Waals surface area contributed by atoms with Gasteiger partial charge in [0.2, 0.25) is 5.91 Å². The third kappa shape index (κ3) is 7.63. The molecule has 0 spiro atoms. The van der Waals surface area contributed by atoms with Crippen LogP contribution in [0.5, 0.6) is 0 Å². The number of carbonyl (C=O) groups is 1. The predicted molar refractivity (Wildman–Crippen MR) is 74.4 cm³/mol. The lowest BCUT2D eigenvalue weighted by Gasteiger charge is -2.20. The first-order chi connectivity index (χ1) is 8.52. The van der Waals surface area contributed by atoms with E-state index in [0.717, 1.165) is 32.5 Å². The lowest BCUT2D eigenvalue weighted by atomic mass is 9.99. The zero-order chi connectivity index (χ0) is 14.0. The van der Waals surface area contributed by atoms with Gasteiger partial charge in [-0.15, -0.1) is 0 Å². The maximum atomic E-state index is 11.7. The second-order valence-electron chi connectivity index (χ2n) is 4.85. The highest BCUT2D eigenvalue weighted by molar-refractivity contribution is 5.81. The number of methoxy groups -OCH3 is 1. The molecule has 0 aromatic heterocycles. The Balaban J connectivity index is 3.67. The van der Waals surface area contributed by atoms with Crippen molar-refractivity contribution in [3.63, 3.8) is 0 Å². The van der Waals surface area contributed by atoms with E-state index in [1.54, 1.807) is 7.11 Å². The molecule has 5 nitrogen and oxygen atoms in total. The summed E-state index contributed by atoms with van der Waals surface area (Å²) in [6, 6.07) is -0.395. The molecule has 0 aromatic carbocycles. The molecule has 2 atom stereocenters. The number of nitrogens with one attached hydrogen (secondary N) is 1. The van der Waals surface area contributed by atoms with E-state index < -0.39 is 6.04 Å². The van der Waals surface area contributed by atoms with Crippen molar-refractivity contribution < 1.29 is 9.53 Å². The van der Waals surface area contributed by atoms with Crippen LogP contribution in [0.4, 0.5) is 0 Å². The Labute approximate surface area is 111 Å². The number of carbonyl (C=O) groups excluding carboxylic acids is 1. The van der Waals surface area contributed by atoms with Crippen LogP contribution in [0.15, 0.2) is 0 Å². The first-order valence-electron chi connectivity index (χ1n) is 6.73. The maximum absolute atomic E-state index is 11.7. The third-order valence-corrected chi connectivity index (χ3v) is 3.24. The summed E-state index contributed by atoms with van der Waals surface area (Å²) in [6.07, 6.45) is 1.93. The fourth-order valence-electron chi connectivity index (χ4n) is 1.59. The quantitative estimate of drug-likeness (QED) is 0.559. The summed E-state index contributed by atoms with van der Waals surface area (Å²) < 4.78 is 4.99. The summed E-state index contributed by atoms with van der Waals surface area (Å²) >= 11 is 0. The van der Waals surface area contributed by atoms with Crippen molar-refractivity contribution in [2.45, 2.75) is 32.7 Å². The van der Waals surface area contributed by atoms with Gasteiger partial charge < -0.3 is 20.7 Å². The van der Waals surface area contributed by atoms with Crippen molar-refractivity contribution >= 4 is 5.91 Å². The van der Waals surface area contributed by atoms with Crippen LogP contribution in [0, 0.1) is 5.92 Å². The normalized spacial score (nSPS) is 14.6. The molecule has 0 aliphatic carbocycles. The molecule has 0 rings (SSSR count). The highest BCUT2D eigenvalue weighted by Gasteiger charge is 2.18. The van der Waals surface area contributed by atoms with Crippen LogP contribution in [0.25, 0.3) is 0 Å². The molecule has 1 amide bonds. The van der Waals surface area contributed by atoms with Gasteiger partial charge in [-0.3, -0.25) is 4.79 Å². The molecule has 0 aliphatic heterocycles. The van der Waals surface area contributed by atoms with Crippen LogP contribution >= 0.6 is 0 Å². The molecule has 18 heavy (non-hydrogen) atoms. The van der Waals surface area contributed by atoms with E-state index >= 15 is 0 Å². The first kappa shape index (κ1) is 17.4. The minimum atomic E-state index is -0.395. The highest BCUT2D eigenvalue weighted by atomic mass is 16.5. The molecule has 2 unspecified atom stereocenters. The fraction of sp³-hybridized carbons (Fsp3) is 0.923. The van der Waals surface area contributed by atoms with E-state index in [2.05, 4.69) is 10.2 Å². The largest absolute Gasteiger partial charge is 0.385 e. The molecule has 0 aromatic rings. The van der Waals surface area contributed by atoms with Gasteiger partial charge in [0.1, 0.15) is 0 Å². The minimum absolute atomic E-state index is 0.0466. The van der Waals surface area contributed by atoms with Crippen LogP contribution in [0.3, 0.4) is 0 Å². The fourth-order valence-corrected chi connectivity index (χ4v) is 1.59. The van der Waals surface area contributed by atoms with Crippen molar-refractivity contribution in [3.8, 4) is 0 Å². The van der Waals surface area contributed by atoms with Crippen LogP contribution < -0.4 is 11.1 Å². The van der Waals surface area contributed by atoms with Gasteiger partial charge in [-0.05, 0) is 19.4 Å². The highest BCUT2D eigenvalue weighted by Crippen LogP contribution is 2.04. The lowest BCUT2D eigenvalue weighted by molar-refractivity contribution is -0.123. The number of amides is 1. The van der Waals surface area contributed by atoms with E-state index in [0.29, 0.717) is 6.54 Å². The monoisotopic (exact) mass is 259 g/mol. The molecule has 0 aliphatic rings. The number of hydrogen-bond donors (Lipinski definition) is 2. The second-order valence-corrected chi connectivity index (χ2v) is 4.85. The Kier molecular flexibility index (Phi) is 9.92. The molecule has 0 heterocycles. The molecule has 5 heteroatoms. The van der Waals surface area contributed by atoms with Crippen LogP contribution in [-0.4, -0.2) is 57.2 Å². The van der Waals surface area contributed by atoms with E-state index in [-0.39, 0.29) is 11.8 Å². The molecular weight excluding hydrogens is 230 g/mol. The Morgan fingerprint density at radius 2 is 2.11 bits per heavy atom. The Bertz CT molecular complexity index is 224. The van der Waals surface area contributed by atoms with Gasteiger partial charge in [0.05, 0.1) is 6.04 Å². The zero-order valence-corrected chi connectivity index (χ0v) is 12.2. The van der Waals surface area contributed by atoms with Crippen LogP contribution in [-0.2, 0) is 9.53 Å². The SMILES string of the molecule is CCC(C)C(N)C(=O)NCCN(C)CCCOC. The average Bonchev–Trinajstić information content (AvgIpc) is 2.37. The van der Waals surface area contributed by atoms with Gasteiger partial charge in [-0.2, -0.15) is 0 Å². The van der Waals surface area contributed by atoms with Gasteiger partial charge in [-0.25, -0.2) is 0 Å². The molecular formula is C13H29N3O2. The molecule has 0 radical (unpaired) electrons. The van der Waals surface area contributed by atoms with Gasteiger partial charge in [0.15, 0.2) is 0 Å². The number of hydrogen-bond acceptors (Lipinski definition) is 4. The van der Waals surface area contributed by atoms with Crippen molar-refractivity contribution in [1.29, 1.82) is 0 Å². The summed E-state index contributed by atoms with van der Waals surface area (Å²) in [5.74, 6) is 0.180. The zero-order valence-electron chi connectivity index (χ0n) is 12.2. The van der Waals surface area contributed by atoms with Crippen LogP contribution in [0.2, 0.25) is 0 Å². The molecule has 0 saturated heterocycles. The van der Waals surface area contributed by atoms with Crippen molar-refractivity contribution in [3.05, 3.63) is 0 Å². The summed E-state index contributed by atoms with van der Waals surface area (Å²) in [5.41, 5.74) is 5.84. The van der Waals surface area contributed by atoms with Crippen molar-refractivity contribution in [2.75, 3.05) is 40.4 Å². The van der Waals surface area contributed by atoms with E-state index in [9.17, 15) is 4.79 Å². The Hall–Kier alpha value is -0.650. The summed E-state index contributed by atoms with van der Waals surface area (Å²) in [4.78, 5) is 13.9. The molecule has 0 fully saturated rings. The molecule has 3 N–H and O–H groups in total. The van der Waals surface area contributed by atoms with Crippen molar-refractivity contribution in [2.24, 2.45) is 11.7 Å². The lowest BCUT2D eigenvalue weighted by Crippen LogP contribution is -2.46. The number of nitrogens with zero attached hydrogens (tertiary/aromatic N) is 1. The standard InChI is InChI=1S/C13H29N3O2/c1-5-11(2)12(14)13(17)15-7-9-16(3)8-6-10-18-4/h11-12H,5-10,14H2,1-4H3,(H,15,17). The number of ether oxygens (including phenoxy) is 1. The summed E-state index contributed by atoms with van der Waals surface area (Å²) in [5, 5.41) is 2.88. The average molecular weight is 259 g/mol. The molecule has 108 valence electrons. The maximum Gasteiger partial charge on any atom is 0.237 e. The van der Waals surface area contributed by atoms with E-state index in [4.69, 9.17) is 10.5 Å². The smallest absolute Gasteiger partial charge is 0.237 e. The first-order valence-corrected chi connectivity index (χ1v) is 6.73. The van der Waals surface area contributed by atoms with E-state index in [1.165, 1.54) is 0 Å². The molecule has 0 bridgehead atoms. The number of nitrogens with two attached hydrogens (primary N) is 1.